The molecule has 1 aliphatic rings. The number of carbonyl (C=O) groups excluding carboxylic acids is 2. The molecule has 2 N–H and O–H groups in total. The number of esters is 2. The van der Waals surface area contributed by atoms with E-state index in [1.54, 1.807) is 0 Å². The Balaban J connectivity index is 2.01. The van der Waals surface area contributed by atoms with Crippen molar-refractivity contribution in [3.8, 4) is 0 Å². The van der Waals surface area contributed by atoms with Crippen LogP contribution in [0.2, 0.25) is 0 Å². The van der Waals surface area contributed by atoms with E-state index in [2.05, 4.69) is 6.58 Å². The van der Waals surface area contributed by atoms with Gasteiger partial charge >= 0.3 is 11.9 Å². The summed E-state index contributed by atoms with van der Waals surface area (Å²) in [6.07, 6.45) is 4.94. The minimum Gasteiger partial charge on any atom is -0.460 e. The number of nitrogens with two attached hydrogens (primary N) is 1. The summed E-state index contributed by atoms with van der Waals surface area (Å²) in [6.45, 7) is 3.65. The monoisotopic (exact) mass is 361 g/mol. The average molecular weight is 361 g/mol. The number of hydrogen-bond donors (Lipinski definition) is 1. The van der Waals surface area contributed by atoms with Crippen molar-refractivity contribution in [1.82, 2.24) is 0 Å². The van der Waals surface area contributed by atoms with Crippen molar-refractivity contribution < 1.29 is 23.8 Å². The largest absolute Gasteiger partial charge is 0.460 e. The number of carbonyl (C=O) groups is 2. The van der Waals surface area contributed by atoms with Crippen LogP contribution in [0.5, 0.6) is 0 Å². The highest BCUT2D eigenvalue weighted by Crippen LogP contribution is 2.21. The van der Waals surface area contributed by atoms with Crippen LogP contribution in [0.3, 0.4) is 0 Å². The van der Waals surface area contributed by atoms with E-state index < -0.39 is 24.1 Å². The van der Waals surface area contributed by atoms with Gasteiger partial charge in [-0.3, -0.25) is 4.79 Å². The average Bonchev–Trinajstić information content (AvgIpc) is 2.67. The van der Waals surface area contributed by atoms with Crippen molar-refractivity contribution in [3.63, 3.8) is 0 Å². The van der Waals surface area contributed by atoms with Crippen LogP contribution in [-0.4, -0.2) is 36.8 Å². The normalized spacial score (nSPS) is 17.1. The molecule has 0 aliphatic heterocycles. The molecule has 26 heavy (non-hydrogen) atoms. The van der Waals surface area contributed by atoms with Crippen molar-refractivity contribution in [2.24, 2.45) is 5.73 Å². The zero-order chi connectivity index (χ0) is 18.8. The van der Waals surface area contributed by atoms with E-state index in [9.17, 15) is 9.59 Å². The lowest BCUT2D eigenvalue weighted by atomic mass is 9.98. The first-order valence-corrected chi connectivity index (χ1v) is 9.01. The predicted octanol–water partition coefficient (Wildman–Crippen LogP) is 2.50. The second-order valence-corrected chi connectivity index (χ2v) is 6.36. The van der Waals surface area contributed by atoms with Gasteiger partial charge in [0.1, 0.15) is 18.8 Å². The summed E-state index contributed by atoms with van der Waals surface area (Å²) in [7, 11) is 0. The van der Waals surface area contributed by atoms with Crippen molar-refractivity contribution in [3.05, 3.63) is 48.6 Å². The highest BCUT2D eigenvalue weighted by atomic mass is 16.6. The first-order valence-electron chi connectivity index (χ1n) is 9.01. The van der Waals surface area contributed by atoms with E-state index in [0.717, 1.165) is 37.7 Å². The predicted molar refractivity (Wildman–Crippen MR) is 97.1 cm³/mol. The van der Waals surface area contributed by atoms with Crippen LogP contribution in [0.4, 0.5) is 0 Å². The molecule has 142 valence electrons. The Kier molecular flexibility index (Phi) is 8.31. The van der Waals surface area contributed by atoms with Gasteiger partial charge in [0.2, 0.25) is 0 Å². The van der Waals surface area contributed by atoms with Gasteiger partial charge in [-0.2, -0.15) is 0 Å². The minimum atomic E-state index is -1.25. The quantitative estimate of drug-likeness (QED) is 0.537. The van der Waals surface area contributed by atoms with Gasteiger partial charge in [0.25, 0.3) is 0 Å². The lowest BCUT2D eigenvalue weighted by molar-refractivity contribution is -0.172. The summed E-state index contributed by atoms with van der Waals surface area (Å²) in [6, 6.07) is 8.10. The van der Waals surface area contributed by atoms with Crippen molar-refractivity contribution in [2.75, 3.05) is 6.61 Å². The van der Waals surface area contributed by atoms with Crippen LogP contribution in [-0.2, 0) is 30.4 Å². The fourth-order valence-electron chi connectivity index (χ4n) is 2.85. The van der Waals surface area contributed by atoms with Gasteiger partial charge in [-0.1, -0.05) is 49.4 Å². The van der Waals surface area contributed by atoms with Crippen LogP contribution in [0.15, 0.2) is 43.0 Å². The third kappa shape index (κ3) is 6.28. The van der Waals surface area contributed by atoms with Gasteiger partial charge in [0.15, 0.2) is 6.10 Å². The maximum Gasteiger partial charge on any atom is 0.337 e. The molecule has 0 spiro atoms. The lowest BCUT2D eigenvalue weighted by Gasteiger charge is -2.26. The highest BCUT2D eigenvalue weighted by molar-refractivity contribution is 5.86. The van der Waals surface area contributed by atoms with E-state index in [-0.39, 0.29) is 19.3 Å². The number of rotatable bonds is 9. The molecule has 1 aromatic carbocycles. The van der Waals surface area contributed by atoms with Crippen LogP contribution in [0, 0.1) is 0 Å². The van der Waals surface area contributed by atoms with E-state index in [1.807, 2.05) is 30.3 Å². The van der Waals surface area contributed by atoms with Gasteiger partial charge in [-0.25, -0.2) is 4.79 Å². The second-order valence-electron chi connectivity index (χ2n) is 6.36. The maximum atomic E-state index is 12.6. The van der Waals surface area contributed by atoms with Crippen molar-refractivity contribution >= 4 is 11.9 Å². The molecule has 6 heteroatoms. The summed E-state index contributed by atoms with van der Waals surface area (Å²) in [5, 5.41) is 0. The molecule has 0 heterocycles. The molecule has 0 radical (unpaired) electrons. The van der Waals surface area contributed by atoms with Crippen LogP contribution in [0.1, 0.15) is 37.7 Å². The van der Waals surface area contributed by atoms with Gasteiger partial charge in [0.05, 0.1) is 6.61 Å². The van der Waals surface area contributed by atoms with Gasteiger partial charge in [-0.15, -0.1) is 0 Å². The molecule has 2 rings (SSSR count). The van der Waals surface area contributed by atoms with Crippen molar-refractivity contribution in [2.45, 2.75) is 57.0 Å². The zero-order valence-corrected chi connectivity index (χ0v) is 15.0. The Morgan fingerprint density at radius 1 is 1.15 bits per heavy atom. The molecule has 1 aromatic rings. The topological polar surface area (TPSA) is 87.9 Å². The van der Waals surface area contributed by atoms with Crippen LogP contribution >= 0.6 is 0 Å². The summed E-state index contributed by atoms with van der Waals surface area (Å²) >= 11 is 0. The summed E-state index contributed by atoms with van der Waals surface area (Å²) in [4.78, 5) is 24.7. The third-order valence-corrected chi connectivity index (χ3v) is 4.28. The number of hydrogen-bond acceptors (Lipinski definition) is 6. The van der Waals surface area contributed by atoms with Gasteiger partial charge in [-0.05, 0) is 31.2 Å². The van der Waals surface area contributed by atoms with E-state index >= 15 is 0 Å². The molecule has 0 unspecified atom stereocenters. The summed E-state index contributed by atoms with van der Waals surface area (Å²) in [5.74, 6) is -1.33. The Morgan fingerprint density at radius 3 is 2.50 bits per heavy atom. The SMILES string of the molecule is C=CCOC(=O)[C@H](N)[C@@H](OCc1ccccc1)C(=O)OC1CCCCC1. The van der Waals surface area contributed by atoms with E-state index in [4.69, 9.17) is 19.9 Å². The van der Waals surface area contributed by atoms with E-state index in [0.29, 0.717) is 0 Å². The second kappa shape index (κ2) is 10.7. The van der Waals surface area contributed by atoms with Crippen molar-refractivity contribution in [1.29, 1.82) is 0 Å². The van der Waals surface area contributed by atoms with Crippen LogP contribution in [0.25, 0.3) is 0 Å². The third-order valence-electron chi connectivity index (χ3n) is 4.28. The molecular formula is C20H27NO5. The van der Waals surface area contributed by atoms with Gasteiger partial charge in [0, 0.05) is 0 Å². The molecule has 0 aromatic heterocycles. The van der Waals surface area contributed by atoms with Gasteiger partial charge < -0.3 is 19.9 Å². The smallest absolute Gasteiger partial charge is 0.337 e. The fourth-order valence-corrected chi connectivity index (χ4v) is 2.85. The molecular weight excluding hydrogens is 334 g/mol. The molecule has 1 saturated carbocycles. The lowest BCUT2D eigenvalue weighted by Crippen LogP contribution is -2.50. The summed E-state index contributed by atoms with van der Waals surface area (Å²) in [5.41, 5.74) is 6.81. The highest BCUT2D eigenvalue weighted by Gasteiger charge is 2.35. The molecule has 2 atom stereocenters. The fraction of sp³-hybridized carbons (Fsp3) is 0.500. The Labute approximate surface area is 154 Å². The Morgan fingerprint density at radius 2 is 1.85 bits per heavy atom. The molecule has 6 nitrogen and oxygen atoms in total. The van der Waals surface area contributed by atoms with Crippen LogP contribution < -0.4 is 5.73 Å². The number of ether oxygens (including phenoxy) is 3. The first-order chi connectivity index (χ1) is 12.6. The Hall–Kier alpha value is -2.18. The Bertz CT molecular complexity index is 583. The molecule has 1 fully saturated rings. The first kappa shape index (κ1) is 20.1. The zero-order valence-electron chi connectivity index (χ0n) is 15.0. The molecule has 0 amide bonds. The summed E-state index contributed by atoms with van der Waals surface area (Å²) < 4.78 is 16.2. The van der Waals surface area contributed by atoms with E-state index in [1.165, 1.54) is 6.08 Å². The molecule has 0 saturated heterocycles. The minimum absolute atomic E-state index is 0.0234. The maximum absolute atomic E-state index is 12.6. The standard InChI is InChI=1S/C20H27NO5/c1-2-13-24-19(22)17(21)18(25-14-15-9-5-3-6-10-15)20(23)26-16-11-7-4-8-12-16/h2-3,5-6,9-10,16-18H,1,4,7-8,11-14,21H2/t17-,18-/m1/s1. The molecule has 1 aliphatic carbocycles. The molecule has 0 bridgehead atoms. The number of benzene rings is 1.